The first-order chi connectivity index (χ1) is 4.45. The van der Waals surface area contributed by atoms with Gasteiger partial charge in [-0.2, -0.15) is 0 Å². The van der Waals surface area contributed by atoms with E-state index in [1.165, 1.54) is 5.94 Å². The fourth-order valence-electron chi connectivity index (χ4n) is 0.379. The maximum Gasteiger partial charge on any atom is 0.342 e. The highest BCUT2D eigenvalue weighted by Crippen LogP contribution is 2.06. The molecule has 0 heterocycles. The Balaban J connectivity index is 3.92. The van der Waals surface area contributed by atoms with Crippen LogP contribution in [0.4, 0.5) is 0 Å². The number of hydrogen-bond acceptors (Lipinski definition) is 3. The maximum absolute atomic E-state index is 10.5. The maximum atomic E-state index is 10.5. The third-order valence-corrected chi connectivity index (χ3v) is 0.584. The molecular weight excluding hydrogens is 132 g/mol. The lowest BCUT2D eigenvalue weighted by molar-refractivity contribution is -0.148. The molecule has 0 rings (SSSR count). The topological polar surface area (TPSA) is 43.4 Å². The molecule has 0 N–H and O–H groups in total. The summed E-state index contributed by atoms with van der Waals surface area (Å²) in [7, 11) is 0. The zero-order valence-corrected chi connectivity index (χ0v) is 6.30. The van der Waals surface area contributed by atoms with E-state index in [4.69, 9.17) is 4.74 Å². The first-order valence-corrected chi connectivity index (χ1v) is 2.89. The molecule has 10 heavy (non-hydrogen) atoms. The van der Waals surface area contributed by atoms with Crippen LogP contribution in [0.3, 0.4) is 0 Å². The predicted octanol–water partition coefficient (Wildman–Crippen LogP) is 0.716. The summed E-state index contributed by atoms with van der Waals surface area (Å²) in [5.41, 5.74) is -0.537. The number of carbonyl (C=O) groups excluding carboxylic acids is 2. The van der Waals surface area contributed by atoms with Crippen molar-refractivity contribution < 1.29 is 14.3 Å². The fourth-order valence-corrected chi connectivity index (χ4v) is 0.379. The van der Waals surface area contributed by atoms with Gasteiger partial charge in [0.15, 0.2) is 0 Å². The van der Waals surface area contributed by atoms with Crippen LogP contribution in [0, 0.1) is 0 Å². The minimum absolute atomic E-state index is 0.537. The smallest absolute Gasteiger partial charge is 0.342 e. The molecular formula is C7H10O3. The van der Waals surface area contributed by atoms with Gasteiger partial charge in [0.1, 0.15) is 17.6 Å². The first-order valence-electron chi connectivity index (χ1n) is 2.89. The van der Waals surface area contributed by atoms with Crippen LogP contribution in [0.2, 0.25) is 0 Å². The molecule has 0 unspecified atom stereocenters. The molecule has 0 saturated carbocycles. The van der Waals surface area contributed by atoms with Crippen molar-refractivity contribution in [2.75, 3.05) is 0 Å². The van der Waals surface area contributed by atoms with Crippen LogP contribution >= 0.6 is 0 Å². The number of rotatable bonds is 1. The molecule has 0 atom stereocenters. The lowest BCUT2D eigenvalue weighted by atomic mass is 10.2. The summed E-state index contributed by atoms with van der Waals surface area (Å²) < 4.78 is 4.72. The molecule has 0 aromatic heterocycles. The molecule has 0 aliphatic heterocycles. The Kier molecular flexibility index (Phi) is 2.84. The van der Waals surface area contributed by atoms with Gasteiger partial charge < -0.3 is 4.74 Å². The van der Waals surface area contributed by atoms with Crippen LogP contribution < -0.4 is 0 Å². The molecule has 3 nitrogen and oxygen atoms in total. The molecule has 0 aliphatic rings. The van der Waals surface area contributed by atoms with Crippen LogP contribution in [0.5, 0.6) is 0 Å². The molecule has 0 saturated heterocycles. The fraction of sp³-hybridized carbons (Fsp3) is 0.571. The minimum Gasteiger partial charge on any atom is -0.456 e. The van der Waals surface area contributed by atoms with E-state index in [-0.39, 0.29) is 0 Å². The summed E-state index contributed by atoms with van der Waals surface area (Å²) in [6, 6.07) is 0. The molecule has 0 radical (unpaired) electrons. The van der Waals surface area contributed by atoms with Crippen molar-refractivity contribution in [3.8, 4) is 0 Å². The number of ether oxygens (including phenoxy) is 1. The lowest BCUT2D eigenvalue weighted by Crippen LogP contribution is -2.22. The monoisotopic (exact) mass is 142 g/mol. The van der Waals surface area contributed by atoms with E-state index in [2.05, 4.69) is 0 Å². The van der Waals surface area contributed by atoms with E-state index in [1.807, 2.05) is 0 Å². The summed E-state index contributed by atoms with van der Waals surface area (Å²) >= 11 is 0. The molecule has 0 aromatic rings. The summed E-state index contributed by atoms with van der Waals surface area (Å²) in [6.45, 7) is 5.18. The van der Waals surface area contributed by atoms with Crippen molar-refractivity contribution >= 4 is 11.9 Å². The lowest BCUT2D eigenvalue weighted by Gasteiger charge is -2.17. The van der Waals surface area contributed by atoms with Gasteiger partial charge in [-0.3, -0.25) is 0 Å². The molecule has 0 aromatic carbocycles. The quantitative estimate of drug-likeness (QED) is 0.308. The SMILES string of the molecule is CC(C)(C)OC(=O)C=C=O. The van der Waals surface area contributed by atoms with Gasteiger partial charge in [0.05, 0.1) is 0 Å². The highest BCUT2D eigenvalue weighted by atomic mass is 16.6. The molecule has 3 heteroatoms. The second-order valence-corrected chi connectivity index (χ2v) is 2.80. The van der Waals surface area contributed by atoms with Gasteiger partial charge in [-0.05, 0) is 20.8 Å². The Morgan fingerprint density at radius 3 is 2.30 bits per heavy atom. The van der Waals surface area contributed by atoms with Gasteiger partial charge in [-0.1, -0.05) is 0 Å². The summed E-state index contributed by atoms with van der Waals surface area (Å²) in [5, 5.41) is 0. The largest absolute Gasteiger partial charge is 0.456 e. The first kappa shape index (κ1) is 8.92. The van der Waals surface area contributed by atoms with E-state index in [0.29, 0.717) is 0 Å². The summed E-state index contributed by atoms with van der Waals surface area (Å²) in [6.07, 6.45) is 0.727. The van der Waals surface area contributed by atoms with Crippen LogP contribution in [0.25, 0.3) is 0 Å². The van der Waals surface area contributed by atoms with E-state index < -0.39 is 11.6 Å². The van der Waals surface area contributed by atoms with Gasteiger partial charge in [-0.25, -0.2) is 9.59 Å². The normalized spacial score (nSPS) is 9.90. The highest BCUT2D eigenvalue weighted by molar-refractivity contribution is 5.89. The Morgan fingerprint density at radius 2 is 2.00 bits per heavy atom. The molecule has 0 amide bonds. The van der Waals surface area contributed by atoms with E-state index in [9.17, 15) is 9.59 Å². The molecule has 0 aliphatic carbocycles. The third-order valence-electron chi connectivity index (χ3n) is 0.584. The Morgan fingerprint density at radius 1 is 1.50 bits per heavy atom. The minimum atomic E-state index is -0.650. The van der Waals surface area contributed by atoms with Gasteiger partial charge in [0, 0.05) is 0 Å². The summed E-state index contributed by atoms with van der Waals surface area (Å²) in [5.74, 6) is 0.690. The van der Waals surface area contributed by atoms with Crippen molar-refractivity contribution in [1.82, 2.24) is 0 Å². The van der Waals surface area contributed by atoms with Gasteiger partial charge in [0.25, 0.3) is 0 Å². The highest BCUT2D eigenvalue weighted by Gasteiger charge is 2.13. The zero-order chi connectivity index (χ0) is 8.20. The van der Waals surface area contributed by atoms with Crippen molar-refractivity contribution in [2.24, 2.45) is 0 Å². The van der Waals surface area contributed by atoms with E-state index in [0.717, 1.165) is 6.08 Å². The second-order valence-electron chi connectivity index (χ2n) is 2.80. The van der Waals surface area contributed by atoms with Crippen LogP contribution in [-0.2, 0) is 14.3 Å². The average Bonchev–Trinajstić information content (AvgIpc) is 1.59. The van der Waals surface area contributed by atoms with Crippen LogP contribution in [0.1, 0.15) is 20.8 Å². The van der Waals surface area contributed by atoms with E-state index in [1.54, 1.807) is 20.8 Å². The average molecular weight is 142 g/mol. The van der Waals surface area contributed by atoms with Crippen LogP contribution in [0.15, 0.2) is 6.08 Å². The molecule has 56 valence electrons. The summed E-state index contributed by atoms with van der Waals surface area (Å²) in [4.78, 5) is 20.1. The number of carbonyl (C=O) groups is 1. The Labute approximate surface area is 59.7 Å². The second kappa shape index (κ2) is 3.18. The van der Waals surface area contributed by atoms with Gasteiger partial charge in [0.2, 0.25) is 0 Å². The standard InChI is InChI=1S/C7H10O3/c1-7(2,3)10-6(9)4-5-8/h4H,1-3H3. The molecule has 0 fully saturated rings. The molecule has 0 bridgehead atoms. The van der Waals surface area contributed by atoms with Gasteiger partial charge in [-0.15, -0.1) is 0 Å². The molecule has 0 spiro atoms. The van der Waals surface area contributed by atoms with Crippen molar-refractivity contribution in [1.29, 1.82) is 0 Å². The van der Waals surface area contributed by atoms with Crippen molar-refractivity contribution in [3.63, 3.8) is 0 Å². The number of hydrogen-bond donors (Lipinski definition) is 0. The van der Waals surface area contributed by atoms with E-state index >= 15 is 0 Å². The zero-order valence-electron chi connectivity index (χ0n) is 6.30. The third kappa shape index (κ3) is 5.06. The Bertz CT molecular complexity index is 170. The van der Waals surface area contributed by atoms with Crippen LogP contribution in [-0.4, -0.2) is 17.5 Å². The van der Waals surface area contributed by atoms with Crippen molar-refractivity contribution in [2.45, 2.75) is 26.4 Å². The Hall–Kier alpha value is -1.08. The van der Waals surface area contributed by atoms with Gasteiger partial charge >= 0.3 is 5.97 Å². The van der Waals surface area contributed by atoms with Crippen molar-refractivity contribution in [3.05, 3.63) is 6.08 Å². The number of esters is 1. The predicted molar refractivity (Wildman–Crippen MR) is 36.1 cm³/mol.